The van der Waals surface area contributed by atoms with Crippen LogP contribution in [0.25, 0.3) is 0 Å². The van der Waals surface area contributed by atoms with Gasteiger partial charge in [0.25, 0.3) is 0 Å². The molecule has 1 N–H and O–H groups in total. The Morgan fingerprint density at radius 3 is 3.13 bits per heavy atom. The van der Waals surface area contributed by atoms with Crippen LogP contribution < -0.4 is 10.1 Å². The van der Waals surface area contributed by atoms with Gasteiger partial charge in [-0.2, -0.15) is 0 Å². The van der Waals surface area contributed by atoms with Crippen LogP contribution in [0.2, 0.25) is 0 Å². The SMILES string of the molecule is c1sc2c(c1OC1CCNC1)CCCC2. The zero-order valence-electron chi connectivity index (χ0n) is 8.92. The molecule has 0 spiro atoms. The molecule has 1 aliphatic carbocycles. The van der Waals surface area contributed by atoms with E-state index in [2.05, 4.69) is 10.7 Å². The summed E-state index contributed by atoms with van der Waals surface area (Å²) in [4.78, 5) is 1.57. The van der Waals surface area contributed by atoms with Crippen molar-refractivity contribution < 1.29 is 4.74 Å². The van der Waals surface area contributed by atoms with Crippen LogP contribution in [0, 0.1) is 0 Å². The number of ether oxygens (including phenoxy) is 1. The summed E-state index contributed by atoms with van der Waals surface area (Å²) in [7, 11) is 0. The van der Waals surface area contributed by atoms with Crippen molar-refractivity contribution in [2.75, 3.05) is 13.1 Å². The summed E-state index contributed by atoms with van der Waals surface area (Å²) in [6, 6.07) is 0. The summed E-state index contributed by atoms with van der Waals surface area (Å²) >= 11 is 1.89. The zero-order chi connectivity index (χ0) is 10.1. The molecule has 1 fully saturated rings. The minimum atomic E-state index is 0.408. The predicted octanol–water partition coefficient (Wildman–Crippen LogP) is 2.37. The van der Waals surface area contributed by atoms with E-state index in [0.29, 0.717) is 6.10 Å². The van der Waals surface area contributed by atoms with Crippen LogP contribution in [-0.4, -0.2) is 19.2 Å². The van der Waals surface area contributed by atoms with Crippen molar-refractivity contribution in [1.29, 1.82) is 0 Å². The largest absolute Gasteiger partial charge is 0.488 e. The van der Waals surface area contributed by atoms with Crippen LogP contribution >= 0.6 is 11.3 Å². The Kier molecular flexibility index (Phi) is 2.67. The highest BCUT2D eigenvalue weighted by atomic mass is 32.1. The minimum Gasteiger partial charge on any atom is -0.488 e. The van der Waals surface area contributed by atoms with Crippen molar-refractivity contribution in [3.05, 3.63) is 15.8 Å². The van der Waals surface area contributed by atoms with Gasteiger partial charge in [-0.25, -0.2) is 0 Å². The first-order chi connectivity index (χ1) is 7.43. The molecule has 0 radical (unpaired) electrons. The molecule has 1 aromatic rings. The fraction of sp³-hybridized carbons (Fsp3) is 0.667. The van der Waals surface area contributed by atoms with E-state index in [1.165, 1.54) is 37.0 Å². The summed E-state index contributed by atoms with van der Waals surface area (Å²) in [5, 5.41) is 5.56. The van der Waals surface area contributed by atoms with Crippen molar-refractivity contribution in [3.8, 4) is 5.75 Å². The highest BCUT2D eigenvalue weighted by molar-refractivity contribution is 7.10. The first kappa shape index (κ1) is 9.67. The number of hydrogen-bond donors (Lipinski definition) is 1. The minimum absolute atomic E-state index is 0.408. The van der Waals surface area contributed by atoms with Crippen LogP contribution in [0.15, 0.2) is 5.38 Å². The molecule has 2 aliphatic rings. The van der Waals surface area contributed by atoms with Crippen molar-refractivity contribution in [2.24, 2.45) is 0 Å². The molecule has 1 saturated heterocycles. The molecule has 1 aliphatic heterocycles. The number of fused-ring (bicyclic) bond motifs is 1. The third-order valence-corrected chi connectivity index (χ3v) is 4.40. The Bertz CT molecular complexity index is 341. The number of hydrogen-bond acceptors (Lipinski definition) is 3. The molecule has 0 amide bonds. The van der Waals surface area contributed by atoms with Crippen LogP contribution in [0.4, 0.5) is 0 Å². The summed E-state index contributed by atoms with van der Waals surface area (Å²) < 4.78 is 6.06. The Hall–Kier alpha value is -0.540. The van der Waals surface area contributed by atoms with Crippen molar-refractivity contribution in [1.82, 2.24) is 5.32 Å². The monoisotopic (exact) mass is 223 g/mol. The summed E-state index contributed by atoms with van der Waals surface area (Å²) in [6.07, 6.45) is 6.76. The molecule has 0 aromatic carbocycles. The maximum atomic E-state index is 6.06. The van der Waals surface area contributed by atoms with Crippen LogP contribution in [0.5, 0.6) is 5.75 Å². The van der Waals surface area contributed by atoms with E-state index in [4.69, 9.17) is 4.74 Å². The normalized spacial score (nSPS) is 25.2. The second-order valence-electron chi connectivity index (χ2n) is 4.44. The molecule has 1 aromatic heterocycles. The number of aryl methyl sites for hydroxylation is 1. The van der Waals surface area contributed by atoms with E-state index in [1.807, 2.05) is 11.3 Å². The third kappa shape index (κ3) is 1.91. The van der Waals surface area contributed by atoms with Crippen molar-refractivity contribution in [2.45, 2.75) is 38.2 Å². The van der Waals surface area contributed by atoms with Gasteiger partial charge in [0.2, 0.25) is 0 Å². The van der Waals surface area contributed by atoms with Gasteiger partial charge in [0.05, 0.1) is 0 Å². The Morgan fingerprint density at radius 1 is 1.33 bits per heavy atom. The molecule has 0 saturated carbocycles. The third-order valence-electron chi connectivity index (χ3n) is 3.33. The molecule has 3 rings (SSSR count). The smallest absolute Gasteiger partial charge is 0.133 e. The average Bonchev–Trinajstić information content (AvgIpc) is 2.89. The van der Waals surface area contributed by atoms with Gasteiger partial charge in [-0.05, 0) is 38.6 Å². The molecule has 3 heteroatoms. The van der Waals surface area contributed by atoms with Gasteiger partial charge in [0, 0.05) is 22.4 Å². The standard InChI is InChI=1S/C12H17NOS/c1-2-4-12-10(3-1)11(8-15-12)14-9-5-6-13-7-9/h8-9,13H,1-7H2. The fourth-order valence-electron chi connectivity index (χ4n) is 2.47. The van der Waals surface area contributed by atoms with Gasteiger partial charge in [-0.1, -0.05) is 0 Å². The molecular formula is C12H17NOS. The molecule has 0 bridgehead atoms. The number of thiophene rings is 1. The maximum Gasteiger partial charge on any atom is 0.133 e. The number of nitrogens with one attached hydrogen (secondary N) is 1. The molecule has 2 nitrogen and oxygen atoms in total. The fourth-order valence-corrected chi connectivity index (χ4v) is 3.53. The van der Waals surface area contributed by atoms with E-state index in [0.717, 1.165) is 19.5 Å². The lowest BCUT2D eigenvalue weighted by atomic mass is 9.99. The molecule has 82 valence electrons. The highest BCUT2D eigenvalue weighted by Crippen LogP contribution is 2.36. The second-order valence-corrected chi connectivity index (χ2v) is 5.41. The van der Waals surface area contributed by atoms with Gasteiger partial charge < -0.3 is 10.1 Å². The van der Waals surface area contributed by atoms with Gasteiger partial charge in [0.1, 0.15) is 11.9 Å². The van der Waals surface area contributed by atoms with Crippen LogP contribution in [0.3, 0.4) is 0 Å². The van der Waals surface area contributed by atoms with Gasteiger partial charge in [-0.15, -0.1) is 11.3 Å². The van der Waals surface area contributed by atoms with Crippen molar-refractivity contribution >= 4 is 11.3 Å². The quantitative estimate of drug-likeness (QED) is 0.831. The van der Waals surface area contributed by atoms with E-state index in [9.17, 15) is 0 Å². The Morgan fingerprint density at radius 2 is 2.27 bits per heavy atom. The molecule has 15 heavy (non-hydrogen) atoms. The summed E-state index contributed by atoms with van der Waals surface area (Å²) in [6.45, 7) is 2.13. The molecule has 1 unspecified atom stereocenters. The molecular weight excluding hydrogens is 206 g/mol. The van der Waals surface area contributed by atoms with Crippen molar-refractivity contribution in [3.63, 3.8) is 0 Å². The topological polar surface area (TPSA) is 21.3 Å². The van der Waals surface area contributed by atoms with Gasteiger partial charge in [0.15, 0.2) is 0 Å². The maximum absolute atomic E-state index is 6.06. The Labute approximate surface area is 94.6 Å². The summed E-state index contributed by atoms with van der Waals surface area (Å²) in [5.41, 5.74) is 1.51. The lowest BCUT2D eigenvalue weighted by molar-refractivity contribution is 0.221. The number of rotatable bonds is 2. The van der Waals surface area contributed by atoms with Crippen LogP contribution in [0.1, 0.15) is 29.7 Å². The van der Waals surface area contributed by atoms with Gasteiger partial charge in [-0.3, -0.25) is 0 Å². The zero-order valence-corrected chi connectivity index (χ0v) is 9.74. The summed E-state index contributed by atoms with van der Waals surface area (Å²) in [5.74, 6) is 1.18. The first-order valence-electron chi connectivity index (χ1n) is 5.90. The molecule has 1 atom stereocenters. The average molecular weight is 223 g/mol. The highest BCUT2D eigenvalue weighted by Gasteiger charge is 2.21. The van der Waals surface area contributed by atoms with E-state index in [1.54, 1.807) is 4.88 Å². The second kappa shape index (κ2) is 4.14. The van der Waals surface area contributed by atoms with Gasteiger partial charge >= 0.3 is 0 Å². The lowest BCUT2D eigenvalue weighted by Gasteiger charge is -2.16. The lowest BCUT2D eigenvalue weighted by Crippen LogP contribution is -2.20. The van der Waals surface area contributed by atoms with E-state index < -0.39 is 0 Å². The Balaban J connectivity index is 1.76. The van der Waals surface area contributed by atoms with E-state index in [-0.39, 0.29) is 0 Å². The molecule has 2 heterocycles. The first-order valence-corrected chi connectivity index (χ1v) is 6.78. The van der Waals surface area contributed by atoms with Crippen LogP contribution in [-0.2, 0) is 12.8 Å². The van der Waals surface area contributed by atoms with E-state index >= 15 is 0 Å². The predicted molar refractivity (Wildman–Crippen MR) is 62.9 cm³/mol.